The van der Waals surface area contributed by atoms with Crippen molar-refractivity contribution in [3.05, 3.63) is 36.1 Å². The van der Waals surface area contributed by atoms with E-state index in [4.69, 9.17) is 4.74 Å². The topological polar surface area (TPSA) is 9.23 Å². The van der Waals surface area contributed by atoms with Gasteiger partial charge in [0.2, 0.25) is 0 Å². The van der Waals surface area contributed by atoms with E-state index in [2.05, 4.69) is 39.5 Å². The minimum absolute atomic E-state index is 0.803. The second-order valence-corrected chi connectivity index (χ2v) is 3.51. The van der Waals surface area contributed by atoms with Gasteiger partial charge in [0.15, 0.2) is 0 Å². The van der Waals surface area contributed by atoms with Gasteiger partial charge in [0.25, 0.3) is 0 Å². The fraction of sp³-hybridized carbons (Fsp3) is 0.571. The molecule has 0 aromatic carbocycles. The van der Waals surface area contributed by atoms with Gasteiger partial charge in [0, 0.05) is 6.42 Å². The molecule has 1 nitrogen and oxygen atoms in total. The summed E-state index contributed by atoms with van der Waals surface area (Å²) in [6.45, 7) is 11.0. The molecule has 0 aliphatic heterocycles. The first-order chi connectivity index (χ1) is 7.28. The van der Waals surface area contributed by atoms with Gasteiger partial charge in [-0.05, 0) is 24.5 Å². The SMILES string of the molecule is C=CC(=C/CCC)/C=C(\CC)OCCC. The molecule has 0 aliphatic rings. The fourth-order valence-electron chi connectivity index (χ4n) is 1.18. The van der Waals surface area contributed by atoms with E-state index in [1.165, 1.54) is 12.0 Å². The average Bonchev–Trinajstić information content (AvgIpc) is 2.28. The third-order valence-electron chi connectivity index (χ3n) is 2.07. The van der Waals surface area contributed by atoms with Gasteiger partial charge in [-0.15, -0.1) is 0 Å². The maximum atomic E-state index is 5.63. The molecule has 15 heavy (non-hydrogen) atoms. The van der Waals surface area contributed by atoms with E-state index in [0.717, 1.165) is 31.6 Å². The summed E-state index contributed by atoms with van der Waals surface area (Å²) >= 11 is 0. The largest absolute Gasteiger partial charge is 0.498 e. The van der Waals surface area contributed by atoms with Crippen LogP contribution in [0.25, 0.3) is 0 Å². The molecule has 0 atom stereocenters. The summed E-state index contributed by atoms with van der Waals surface area (Å²) < 4.78 is 5.63. The van der Waals surface area contributed by atoms with Gasteiger partial charge in [-0.1, -0.05) is 45.9 Å². The molecule has 0 aromatic rings. The molecular weight excluding hydrogens is 184 g/mol. The lowest BCUT2D eigenvalue weighted by Gasteiger charge is -2.07. The van der Waals surface area contributed by atoms with Gasteiger partial charge < -0.3 is 4.74 Å². The second kappa shape index (κ2) is 9.57. The van der Waals surface area contributed by atoms with E-state index in [1.807, 2.05) is 6.08 Å². The summed E-state index contributed by atoms with van der Waals surface area (Å²) in [6, 6.07) is 0. The van der Waals surface area contributed by atoms with Crippen molar-refractivity contribution in [1.29, 1.82) is 0 Å². The number of hydrogen-bond acceptors (Lipinski definition) is 1. The van der Waals surface area contributed by atoms with Gasteiger partial charge in [-0.3, -0.25) is 0 Å². The standard InChI is InChI=1S/C14H24O/c1-5-9-10-13(7-3)12-14(8-4)15-11-6-2/h7,10,12H,3,5-6,8-9,11H2,1-2,4H3/b13-10-,14-12+. The fourth-order valence-corrected chi connectivity index (χ4v) is 1.18. The van der Waals surface area contributed by atoms with Crippen LogP contribution in [0.4, 0.5) is 0 Å². The van der Waals surface area contributed by atoms with Crippen molar-refractivity contribution in [3.8, 4) is 0 Å². The summed E-state index contributed by atoms with van der Waals surface area (Å²) in [5.41, 5.74) is 1.17. The van der Waals surface area contributed by atoms with Gasteiger partial charge in [-0.25, -0.2) is 0 Å². The van der Waals surface area contributed by atoms with Crippen LogP contribution in [-0.4, -0.2) is 6.61 Å². The van der Waals surface area contributed by atoms with Crippen LogP contribution < -0.4 is 0 Å². The van der Waals surface area contributed by atoms with Crippen LogP contribution >= 0.6 is 0 Å². The van der Waals surface area contributed by atoms with Crippen molar-refractivity contribution >= 4 is 0 Å². The number of ether oxygens (including phenoxy) is 1. The van der Waals surface area contributed by atoms with E-state index in [9.17, 15) is 0 Å². The normalized spacial score (nSPS) is 12.7. The average molecular weight is 208 g/mol. The summed E-state index contributed by atoms with van der Waals surface area (Å²) in [6.07, 6.45) is 10.5. The van der Waals surface area contributed by atoms with Crippen molar-refractivity contribution in [2.75, 3.05) is 6.61 Å². The summed E-state index contributed by atoms with van der Waals surface area (Å²) in [4.78, 5) is 0. The Balaban J connectivity index is 4.40. The molecule has 0 unspecified atom stereocenters. The van der Waals surface area contributed by atoms with E-state index < -0.39 is 0 Å². The molecule has 0 aliphatic carbocycles. The molecule has 0 aromatic heterocycles. The van der Waals surface area contributed by atoms with E-state index in [-0.39, 0.29) is 0 Å². The molecular formula is C14H24O. The first-order valence-corrected chi connectivity index (χ1v) is 5.94. The maximum absolute atomic E-state index is 5.63. The monoisotopic (exact) mass is 208 g/mol. The van der Waals surface area contributed by atoms with Crippen molar-refractivity contribution in [2.24, 2.45) is 0 Å². The summed E-state index contributed by atoms with van der Waals surface area (Å²) in [5.74, 6) is 1.05. The number of allylic oxidation sites excluding steroid dienone is 5. The quantitative estimate of drug-likeness (QED) is 0.418. The Hall–Kier alpha value is -0.980. The second-order valence-electron chi connectivity index (χ2n) is 3.51. The maximum Gasteiger partial charge on any atom is 0.0962 e. The Kier molecular flexibility index (Phi) is 8.95. The van der Waals surface area contributed by atoms with E-state index in [0.29, 0.717) is 0 Å². The zero-order valence-corrected chi connectivity index (χ0v) is 10.4. The lowest BCUT2D eigenvalue weighted by molar-refractivity contribution is 0.205. The molecule has 0 spiro atoms. The molecule has 1 heteroatoms. The van der Waals surface area contributed by atoms with Crippen molar-refractivity contribution < 1.29 is 4.74 Å². The minimum atomic E-state index is 0.803. The molecule has 0 radical (unpaired) electrons. The number of rotatable bonds is 8. The molecule has 0 rings (SSSR count). The lowest BCUT2D eigenvalue weighted by atomic mass is 10.1. The zero-order chi connectivity index (χ0) is 11.5. The van der Waals surface area contributed by atoms with Crippen molar-refractivity contribution in [1.82, 2.24) is 0 Å². The number of hydrogen-bond donors (Lipinski definition) is 0. The molecule has 0 N–H and O–H groups in total. The molecule has 0 saturated carbocycles. The first-order valence-electron chi connectivity index (χ1n) is 5.94. The highest BCUT2D eigenvalue weighted by atomic mass is 16.5. The Morgan fingerprint density at radius 1 is 1.20 bits per heavy atom. The molecule has 86 valence electrons. The van der Waals surface area contributed by atoms with Crippen LogP contribution in [0.2, 0.25) is 0 Å². The van der Waals surface area contributed by atoms with Gasteiger partial charge >= 0.3 is 0 Å². The van der Waals surface area contributed by atoms with Crippen LogP contribution in [0.1, 0.15) is 46.5 Å². The zero-order valence-electron chi connectivity index (χ0n) is 10.4. The van der Waals surface area contributed by atoms with Crippen LogP contribution in [0, 0.1) is 0 Å². The minimum Gasteiger partial charge on any atom is -0.498 e. The highest BCUT2D eigenvalue weighted by Crippen LogP contribution is 2.10. The van der Waals surface area contributed by atoms with Gasteiger partial charge in [-0.2, -0.15) is 0 Å². The number of unbranched alkanes of at least 4 members (excludes halogenated alkanes) is 1. The Morgan fingerprint density at radius 3 is 2.40 bits per heavy atom. The van der Waals surface area contributed by atoms with E-state index >= 15 is 0 Å². The smallest absolute Gasteiger partial charge is 0.0962 e. The van der Waals surface area contributed by atoms with Crippen molar-refractivity contribution in [3.63, 3.8) is 0 Å². The molecule has 0 saturated heterocycles. The van der Waals surface area contributed by atoms with Crippen LogP contribution in [0.5, 0.6) is 0 Å². The molecule has 0 bridgehead atoms. The predicted molar refractivity (Wildman–Crippen MR) is 67.8 cm³/mol. The van der Waals surface area contributed by atoms with E-state index in [1.54, 1.807) is 0 Å². The molecule has 0 amide bonds. The Labute approximate surface area is 94.5 Å². The molecule has 0 heterocycles. The first kappa shape index (κ1) is 14.0. The van der Waals surface area contributed by atoms with Crippen LogP contribution in [0.3, 0.4) is 0 Å². The van der Waals surface area contributed by atoms with Crippen LogP contribution in [-0.2, 0) is 4.74 Å². The van der Waals surface area contributed by atoms with Crippen molar-refractivity contribution in [2.45, 2.75) is 46.5 Å². The summed E-state index contributed by atoms with van der Waals surface area (Å²) in [5, 5.41) is 0. The van der Waals surface area contributed by atoms with Crippen LogP contribution in [0.15, 0.2) is 36.1 Å². The van der Waals surface area contributed by atoms with Gasteiger partial charge in [0.1, 0.15) is 0 Å². The Morgan fingerprint density at radius 2 is 1.93 bits per heavy atom. The summed E-state index contributed by atoms with van der Waals surface area (Å²) in [7, 11) is 0. The Bertz CT molecular complexity index is 223. The van der Waals surface area contributed by atoms with Gasteiger partial charge in [0.05, 0.1) is 12.4 Å². The third-order valence-corrected chi connectivity index (χ3v) is 2.07. The predicted octanol–water partition coefficient (Wildman–Crippen LogP) is 4.62. The molecule has 0 fully saturated rings. The highest BCUT2D eigenvalue weighted by Gasteiger charge is 1.95. The highest BCUT2D eigenvalue weighted by molar-refractivity contribution is 5.30. The third kappa shape index (κ3) is 7.01. The lowest BCUT2D eigenvalue weighted by Crippen LogP contribution is -1.93.